The first-order valence-corrected chi connectivity index (χ1v) is 31.2. The molecule has 1 atom stereocenters. The summed E-state index contributed by atoms with van der Waals surface area (Å²) in [6.07, 6.45) is 80.0. The summed E-state index contributed by atoms with van der Waals surface area (Å²) in [7, 11) is 0. The number of carbonyl (C=O) groups is 3. The Kier molecular flexibility index (Phi) is 58.3. The fourth-order valence-corrected chi connectivity index (χ4v) is 8.74. The fourth-order valence-electron chi connectivity index (χ4n) is 8.74. The molecule has 0 aliphatic carbocycles. The Hall–Kier alpha value is -3.41. The molecule has 0 radical (unpaired) electrons. The maximum absolute atomic E-state index is 12.9. The van der Waals surface area contributed by atoms with Crippen molar-refractivity contribution in [2.75, 3.05) is 13.2 Å². The number of rotatable bonds is 56. The molecule has 0 aromatic heterocycles. The first-order chi connectivity index (χ1) is 36.0. The Bertz CT molecular complexity index is 1400. The summed E-state index contributed by atoms with van der Waals surface area (Å²) in [6, 6.07) is 0. The number of hydrogen-bond acceptors (Lipinski definition) is 6. The van der Waals surface area contributed by atoms with Gasteiger partial charge in [-0.2, -0.15) is 0 Å². The predicted octanol–water partition coefficient (Wildman–Crippen LogP) is 21.1. The van der Waals surface area contributed by atoms with Crippen molar-refractivity contribution in [3.05, 3.63) is 85.1 Å². The number of unbranched alkanes of at least 4 members (excludes halogenated alkanes) is 35. The Labute approximate surface area is 452 Å². The molecule has 1 unspecified atom stereocenters. The summed E-state index contributed by atoms with van der Waals surface area (Å²) in [4.78, 5) is 38.3. The van der Waals surface area contributed by atoms with E-state index in [0.717, 1.165) is 89.9 Å². The second-order valence-corrected chi connectivity index (χ2v) is 20.7. The van der Waals surface area contributed by atoms with Crippen LogP contribution in [0.1, 0.15) is 303 Å². The van der Waals surface area contributed by atoms with Gasteiger partial charge in [-0.25, -0.2) is 0 Å². The molecule has 0 aliphatic rings. The van der Waals surface area contributed by atoms with Crippen LogP contribution in [0.3, 0.4) is 0 Å². The van der Waals surface area contributed by atoms with Gasteiger partial charge in [0.2, 0.25) is 0 Å². The average molecular weight is 1020 g/mol. The van der Waals surface area contributed by atoms with Gasteiger partial charge in [0.15, 0.2) is 6.10 Å². The molecular formula is C67H116O6. The Morgan fingerprint density at radius 2 is 0.507 bits per heavy atom. The second-order valence-electron chi connectivity index (χ2n) is 20.7. The quantitative estimate of drug-likeness (QED) is 0.0199. The van der Waals surface area contributed by atoms with E-state index in [1.165, 1.54) is 173 Å². The number of allylic oxidation sites excluding steroid dienone is 14. The van der Waals surface area contributed by atoms with E-state index in [4.69, 9.17) is 14.2 Å². The third-order valence-corrected chi connectivity index (χ3v) is 13.5. The largest absolute Gasteiger partial charge is 0.462 e. The molecule has 0 heterocycles. The summed E-state index contributed by atoms with van der Waals surface area (Å²) in [5.41, 5.74) is 0. The summed E-state index contributed by atoms with van der Waals surface area (Å²) < 4.78 is 16.9. The SMILES string of the molecule is CCCCC\C=C/C=C\C=C/C=C\CCCCCCCC(=O)OC(COC(=O)CCCCCCC/C=C\CCCCCCCCCCC)COC(=O)CCCCCCCCCCCC/C=C\C=C/CCCCC. The number of hydrogen-bond donors (Lipinski definition) is 0. The molecule has 6 nitrogen and oxygen atoms in total. The van der Waals surface area contributed by atoms with E-state index in [0.29, 0.717) is 19.3 Å². The molecule has 0 N–H and O–H groups in total. The summed E-state index contributed by atoms with van der Waals surface area (Å²) in [5, 5.41) is 0. The van der Waals surface area contributed by atoms with Gasteiger partial charge in [-0.1, -0.05) is 273 Å². The van der Waals surface area contributed by atoms with Crippen molar-refractivity contribution in [3.63, 3.8) is 0 Å². The van der Waals surface area contributed by atoms with Crippen molar-refractivity contribution in [1.82, 2.24) is 0 Å². The van der Waals surface area contributed by atoms with Crippen LogP contribution in [0, 0.1) is 0 Å². The highest BCUT2D eigenvalue weighted by molar-refractivity contribution is 5.71. The lowest BCUT2D eigenvalue weighted by atomic mass is 10.1. The van der Waals surface area contributed by atoms with Crippen molar-refractivity contribution >= 4 is 17.9 Å². The summed E-state index contributed by atoms with van der Waals surface area (Å²) in [5.74, 6) is -0.914. The van der Waals surface area contributed by atoms with Crippen LogP contribution in [0.5, 0.6) is 0 Å². The molecule has 0 rings (SSSR count). The van der Waals surface area contributed by atoms with Gasteiger partial charge in [0, 0.05) is 19.3 Å². The molecular weight excluding hydrogens is 901 g/mol. The minimum absolute atomic E-state index is 0.0902. The lowest BCUT2D eigenvalue weighted by Gasteiger charge is -2.18. The third kappa shape index (κ3) is 59.3. The highest BCUT2D eigenvalue weighted by Gasteiger charge is 2.19. The molecule has 0 aromatic carbocycles. The van der Waals surface area contributed by atoms with Gasteiger partial charge in [0.1, 0.15) is 13.2 Å². The Morgan fingerprint density at radius 1 is 0.274 bits per heavy atom. The molecule has 0 spiro atoms. The zero-order valence-electron chi connectivity index (χ0n) is 48.1. The van der Waals surface area contributed by atoms with Crippen LogP contribution in [0.4, 0.5) is 0 Å². The van der Waals surface area contributed by atoms with Crippen molar-refractivity contribution < 1.29 is 28.6 Å². The molecule has 0 aromatic rings. The van der Waals surface area contributed by atoms with Gasteiger partial charge in [-0.15, -0.1) is 0 Å². The molecule has 420 valence electrons. The van der Waals surface area contributed by atoms with E-state index < -0.39 is 6.10 Å². The van der Waals surface area contributed by atoms with Gasteiger partial charge in [-0.3, -0.25) is 14.4 Å². The van der Waals surface area contributed by atoms with Crippen LogP contribution >= 0.6 is 0 Å². The van der Waals surface area contributed by atoms with Crippen molar-refractivity contribution in [2.45, 2.75) is 309 Å². The first kappa shape index (κ1) is 69.6. The average Bonchev–Trinajstić information content (AvgIpc) is 3.39. The molecule has 6 heteroatoms. The summed E-state index contributed by atoms with van der Waals surface area (Å²) >= 11 is 0. The maximum Gasteiger partial charge on any atom is 0.306 e. The minimum Gasteiger partial charge on any atom is -0.462 e. The second kappa shape index (κ2) is 61.1. The number of carbonyl (C=O) groups excluding carboxylic acids is 3. The topological polar surface area (TPSA) is 78.9 Å². The highest BCUT2D eigenvalue weighted by Crippen LogP contribution is 2.16. The predicted molar refractivity (Wildman–Crippen MR) is 316 cm³/mol. The van der Waals surface area contributed by atoms with Gasteiger partial charge in [0.25, 0.3) is 0 Å². The van der Waals surface area contributed by atoms with Crippen LogP contribution in [0.2, 0.25) is 0 Å². The number of esters is 3. The van der Waals surface area contributed by atoms with Crippen LogP contribution in [0.15, 0.2) is 85.1 Å². The molecule has 0 bridgehead atoms. The molecule has 73 heavy (non-hydrogen) atoms. The van der Waals surface area contributed by atoms with Crippen LogP contribution in [0.25, 0.3) is 0 Å². The third-order valence-electron chi connectivity index (χ3n) is 13.5. The monoisotopic (exact) mass is 1020 g/mol. The van der Waals surface area contributed by atoms with Gasteiger partial charge >= 0.3 is 17.9 Å². The van der Waals surface area contributed by atoms with Gasteiger partial charge in [-0.05, 0) is 96.3 Å². The van der Waals surface area contributed by atoms with Crippen LogP contribution in [-0.2, 0) is 28.6 Å². The van der Waals surface area contributed by atoms with E-state index in [9.17, 15) is 14.4 Å². The fraction of sp³-hybridized carbons (Fsp3) is 0.746. The number of ether oxygens (including phenoxy) is 3. The normalized spacial score (nSPS) is 12.6. The first-order valence-electron chi connectivity index (χ1n) is 31.2. The molecule has 0 fully saturated rings. The van der Waals surface area contributed by atoms with E-state index in [2.05, 4.69) is 106 Å². The smallest absolute Gasteiger partial charge is 0.306 e. The van der Waals surface area contributed by atoms with Crippen molar-refractivity contribution in [1.29, 1.82) is 0 Å². The summed E-state index contributed by atoms with van der Waals surface area (Å²) in [6.45, 7) is 6.57. The van der Waals surface area contributed by atoms with E-state index >= 15 is 0 Å². The van der Waals surface area contributed by atoms with Gasteiger partial charge in [0.05, 0.1) is 0 Å². The molecule has 0 amide bonds. The highest BCUT2D eigenvalue weighted by atomic mass is 16.6. The Morgan fingerprint density at radius 3 is 0.849 bits per heavy atom. The van der Waals surface area contributed by atoms with Crippen molar-refractivity contribution in [3.8, 4) is 0 Å². The standard InChI is InChI=1S/C67H116O6/c1-4-7-10-13-16-19-22-25-28-31-34-37-39-42-45-48-51-54-57-60-66(69)72-63-64(73-67(70)61-58-55-52-49-46-43-40-36-33-30-27-24-21-18-15-12-9-6-3)62-71-65(68)59-56-53-50-47-44-41-38-35-32-29-26-23-20-17-14-11-8-5-2/h16,18-19,21-22,24-25,27,30,33,35-36,38,40,64H,4-15,17,20,23,26,28-29,31-32,34,37,39,41-63H2,1-3H3/b19-16-,21-18-,25-22-,27-24-,33-30-,38-35-,40-36-. The van der Waals surface area contributed by atoms with Crippen LogP contribution < -0.4 is 0 Å². The minimum atomic E-state index is -0.796. The molecule has 0 saturated heterocycles. The lowest BCUT2D eigenvalue weighted by Crippen LogP contribution is -2.30. The molecule has 0 saturated carbocycles. The van der Waals surface area contributed by atoms with E-state index in [1.54, 1.807) is 0 Å². The van der Waals surface area contributed by atoms with Crippen molar-refractivity contribution in [2.24, 2.45) is 0 Å². The van der Waals surface area contributed by atoms with E-state index in [-0.39, 0.29) is 31.1 Å². The maximum atomic E-state index is 12.9. The zero-order valence-corrected chi connectivity index (χ0v) is 48.1. The van der Waals surface area contributed by atoms with Crippen LogP contribution in [-0.4, -0.2) is 37.2 Å². The Balaban J connectivity index is 4.44. The zero-order chi connectivity index (χ0) is 52.9. The van der Waals surface area contributed by atoms with E-state index in [1.807, 2.05) is 0 Å². The lowest BCUT2D eigenvalue weighted by molar-refractivity contribution is -0.167. The molecule has 0 aliphatic heterocycles. The van der Waals surface area contributed by atoms with Gasteiger partial charge < -0.3 is 14.2 Å².